The minimum absolute atomic E-state index is 0.183. The lowest BCUT2D eigenvalue weighted by Crippen LogP contribution is -2.72. The maximum Gasteiger partial charge on any atom is 0.191 e. The summed E-state index contributed by atoms with van der Waals surface area (Å²) in [7, 11) is 1.89. The predicted molar refractivity (Wildman–Crippen MR) is 104 cm³/mol. The topological polar surface area (TPSA) is 54.9 Å². The van der Waals surface area contributed by atoms with Crippen molar-refractivity contribution in [2.45, 2.75) is 77.5 Å². The van der Waals surface area contributed by atoms with Crippen molar-refractivity contribution in [3.8, 4) is 0 Å². The van der Waals surface area contributed by atoms with E-state index < -0.39 is 0 Å². The smallest absolute Gasteiger partial charge is 0.191 e. The SMILES string of the molecule is CN=C(NCC1CCCOC1C(C)(C)C)NC1C2CCOC2C12CCC2. The van der Waals surface area contributed by atoms with Crippen LogP contribution < -0.4 is 10.6 Å². The van der Waals surface area contributed by atoms with Crippen LogP contribution in [-0.4, -0.2) is 51.0 Å². The van der Waals surface area contributed by atoms with Crippen LogP contribution in [0.5, 0.6) is 0 Å². The Labute approximate surface area is 158 Å². The molecule has 5 nitrogen and oxygen atoms in total. The van der Waals surface area contributed by atoms with Crippen LogP contribution in [0, 0.1) is 22.7 Å². The van der Waals surface area contributed by atoms with Crippen LogP contribution in [0.1, 0.15) is 59.3 Å². The number of nitrogens with zero attached hydrogens (tertiary/aromatic N) is 1. The fourth-order valence-corrected chi connectivity index (χ4v) is 6.04. The maximum atomic E-state index is 6.13. The molecule has 148 valence electrons. The summed E-state index contributed by atoms with van der Waals surface area (Å²) < 4.78 is 12.2. The number of fused-ring (bicyclic) bond motifs is 2. The van der Waals surface area contributed by atoms with E-state index in [2.05, 4.69) is 36.4 Å². The Morgan fingerprint density at radius 3 is 2.58 bits per heavy atom. The summed E-state index contributed by atoms with van der Waals surface area (Å²) >= 11 is 0. The fourth-order valence-electron chi connectivity index (χ4n) is 6.04. The van der Waals surface area contributed by atoms with Gasteiger partial charge in [-0.3, -0.25) is 4.99 Å². The van der Waals surface area contributed by atoms with Crippen LogP contribution in [0.3, 0.4) is 0 Å². The highest BCUT2D eigenvalue weighted by molar-refractivity contribution is 5.80. The zero-order valence-corrected chi connectivity index (χ0v) is 17.0. The van der Waals surface area contributed by atoms with E-state index in [4.69, 9.17) is 9.47 Å². The normalized spacial score (nSPS) is 39.1. The first-order valence-corrected chi connectivity index (χ1v) is 10.7. The lowest BCUT2D eigenvalue weighted by Gasteiger charge is -2.63. The van der Waals surface area contributed by atoms with Gasteiger partial charge in [0.05, 0.1) is 12.2 Å². The Bertz CT molecular complexity index is 538. The summed E-state index contributed by atoms with van der Waals surface area (Å²) in [6.07, 6.45) is 8.39. The second-order valence-electron chi connectivity index (χ2n) is 9.97. The van der Waals surface area contributed by atoms with Gasteiger partial charge in [-0.25, -0.2) is 0 Å². The summed E-state index contributed by atoms with van der Waals surface area (Å²) in [6, 6.07) is 0.538. The van der Waals surface area contributed by atoms with E-state index in [1.165, 1.54) is 32.1 Å². The summed E-state index contributed by atoms with van der Waals surface area (Å²) in [5.74, 6) is 2.18. The Morgan fingerprint density at radius 1 is 1.12 bits per heavy atom. The van der Waals surface area contributed by atoms with E-state index in [1.807, 2.05) is 7.05 Å². The molecular formula is C21H37N3O2. The van der Waals surface area contributed by atoms with Gasteiger partial charge in [0.25, 0.3) is 0 Å². The highest BCUT2D eigenvalue weighted by Crippen LogP contribution is 2.62. The number of guanidine groups is 1. The molecule has 2 aliphatic carbocycles. The van der Waals surface area contributed by atoms with Crippen molar-refractivity contribution in [2.24, 2.45) is 27.7 Å². The molecule has 1 spiro atoms. The van der Waals surface area contributed by atoms with E-state index in [1.54, 1.807) is 0 Å². The summed E-state index contributed by atoms with van der Waals surface area (Å²) in [4.78, 5) is 4.53. The van der Waals surface area contributed by atoms with Crippen LogP contribution in [0.25, 0.3) is 0 Å². The van der Waals surface area contributed by atoms with Gasteiger partial charge >= 0.3 is 0 Å². The number of aliphatic imine (C=N–C) groups is 1. The van der Waals surface area contributed by atoms with Crippen molar-refractivity contribution in [3.05, 3.63) is 0 Å². The minimum Gasteiger partial charge on any atom is -0.377 e. The van der Waals surface area contributed by atoms with Crippen LogP contribution in [0.15, 0.2) is 4.99 Å². The van der Waals surface area contributed by atoms with E-state index in [9.17, 15) is 0 Å². The molecule has 4 aliphatic rings. The first kappa shape index (κ1) is 18.5. The van der Waals surface area contributed by atoms with E-state index in [-0.39, 0.29) is 5.41 Å². The molecule has 0 aromatic rings. The average molecular weight is 364 g/mol. The number of rotatable bonds is 3. The van der Waals surface area contributed by atoms with Crippen molar-refractivity contribution in [2.75, 3.05) is 26.8 Å². The molecule has 0 bridgehead atoms. The molecule has 2 N–H and O–H groups in total. The second-order valence-corrected chi connectivity index (χ2v) is 9.97. The van der Waals surface area contributed by atoms with Crippen molar-refractivity contribution >= 4 is 5.96 Å². The van der Waals surface area contributed by atoms with Crippen molar-refractivity contribution in [1.82, 2.24) is 10.6 Å². The molecule has 0 amide bonds. The predicted octanol–water partition coefficient (Wildman–Crippen LogP) is 2.95. The van der Waals surface area contributed by atoms with Gasteiger partial charge in [0.15, 0.2) is 5.96 Å². The molecule has 5 unspecified atom stereocenters. The largest absolute Gasteiger partial charge is 0.377 e. The molecule has 5 atom stereocenters. The third-order valence-corrected chi connectivity index (χ3v) is 7.38. The van der Waals surface area contributed by atoms with Crippen molar-refractivity contribution in [1.29, 1.82) is 0 Å². The van der Waals surface area contributed by atoms with Gasteiger partial charge in [0.2, 0.25) is 0 Å². The van der Waals surface area contributed by atoms with Crippen LogP contribution in [0.4, 0.5) is 0 Å². The van der Waals surface area contributed by atoms with Gasteiger partial charge in [-0.2, -0.15) is 0 Å². The molecular weight excluding hydrogens is 326 g/mol. The third kappa shape index (κ3) is 3.05. The quantitative estimate of drug-likeness (QED) is 0.598. The first-order valence-electron chi connectivity index (χ1n) is 10.7. The van der Waals surface area contributed by atoms with Crippen LogP contribution in [-0.2, 0) is 9.47 Å². The first-order chi connectivity index (χ1) is 12.5. The number of hydrogen-bond acceptors (Lipinski definition) is 3. The minimum atomic E-state index is 0.183. The number of nitrogens with one attached hydrogen (secondary N) is 2. The maximum absolute atomic E-state index is 6.13. The molecule has 2 saturated heterocycles. The summed E-state index contributed by atoms with van der Waals surface area (Å²) in [6.45, 7) is 9.65. The van der Waals surface area contributed by atoms with Gasteiger partial charge < -0.3 is 20.1 Å². The molecule has 2 aliphatic heterocycles. The Hall–Kier alpha value is -0.810. The molecule has 0 aromatic heterocycles. The molecule has 4 fully saturated rings. The van der Waals surface area contributed by atoms with Gasteiger partial charge in [0.1, 0.15) is 0 Å². The molecule has 5 heteroatoms. The third-order valence-electron chi connectivity index (χ3n) is 7.38. The highest BCUT2D eigenvalue weighted by Gasteiger charge is 2.66. The lowest BCUT2D eigenvalue weighted by atomic mass is 9.46. The zero-order valence-electron chi connectivity index (χ0n) is 17.0. The standard InChI is InChI=1S/C21H37N3O2/c1-20(2,3)17-14(7-5-11-25-17)13-23-19(22-4)24-16-15-8-12-26-18(15)21(16)9-6-10-21/h14-18H,5-13H2,1-4H3,(H2,22,23,24). The van der Waals surface area contributed by atoms with Gasteiger partial charge in [0, 0.05) is 50.1 Å². The molecule has 2 heterocycles. The number of ether oxygens (including phenoxy) is 2. The molecule has 4 rings (SSSR count). The van der Waals surface area contributed by atoms with E-state index in [0.717, 1.165) is 32.1 Å². The monoisotopic (exact) mass is 363 g/mol. The van der Waals surface area contributed by atoms with Gasteiger partial charge in [-0.1, -0.05) is 27.2 Å². The van der Waals surface area contributed by atoms with E-state index >= 15 is 0 Å². The zero-order chi connectivity index (χ0) is 18.4. The Morgan fingerprint density at radius 2 is 1.92 bits per heavy atom. The number of hydrogen-bond donors (Lipinski definition) is 2. The summed E-state index contributed by atoms with van der Waals surface area (Å²) in [5.41, 5.74) is 0.572. The Kier molecular flexibility index (Phi) is 4.98. The molecule has 2 saturated carbocycles. The van der Waals surface area contributed by atoms with Gasteiger partial charge in [-0.05, 0) is 37.5 Å². The van der Waals surface area contributed by atoms with Crippen LogP contribution >= 0.6 is 0 Å². The van der Waals surface area contributed by atoms with E-state index in [0.29, 0.717) is 35.5 Å². The van der Waals surface area contributed by atoms with Crippen molar-refractivity contribution in [3.63, 3.8) is 0 Å². The fraction of sp³-hybridized carbons (Fsp3) is 0.952. The highest BCUT2D eigenvalue weighted by atomic mass is 16.5. The van der Waals surface area contributed by atoms with Crippen molar-refractivity contribution < 1.29 is 9.47 Å². The molecule has 0 aromatic carbocycles. The average Bonchev–Trinajstić information content (AvgIpc) is 2.98. The second kappa shape index (κ2) is 6.97. The van der Waals surface area contributed by atoms with Crippen LogP contribution in [0.2, 0.25) is 0 Å². The molecule has 0 radical (unpaired) electrons. The lowest BCUT2D eigenvalue weighted by molar-refractivity contribution is -0.171. The summed E-state index contributed by atoms with van der Waals surface area (Å²) in [5, 5.41) is 7.40. The Balaban J connectivity index is 1.35. The molecule has 26 heavy (non-hydrogen) atoms. The van der Waals surface area contributed by atoms with Gasteiger partial charge in [-0.15, -0.1) is 0 Å².